The van der Waals surface area contributed by atoms with E-state index in [9.17, 15) is 9.59 Å². The fraction of sp³-hybridized carbons (Fsp3) is 0.429. The normalized spacial score (nSPS) is 9.84. The van der Waals surface area contributed by atoms with E-state index in [-0.39, 0.29) is 18.2 Å². The third-order valence-electron chi connectivity index (χ3n) is 2.68. The molecule has 0 aliphatic rings. The minimum Gasteiger partial charge on any atom is -0.497 e. The maximum absolute atomic E-state index is 11.5. The van der Waals surface area contributed by atoms with Gasteiger partial charge in [-0.1, -0.05) is 12.1 Å². The Bertz CT molecular complexity index is 444. The molecule has 104 valence electrons. The molecule has 1 rings (SSSR count). The van der Waals surface area contributed by atoms with Crippen molar-refractivity contribution in [3.8, 4) is 5.75 Å². The van der Waals surface area contributed by atoms with Gasteiger partial charge in [0, 0.05) is 20.6 Å². The first-order valence-corrected chi connectivity index (χ1v) is 6.12. The molecule has 0 heterocycles. The van der Waals surface area contributed by atoms with Crippen LogP contribution in [0.3, 0.4) is 0 Å². The SMILES string of the molecule is COc1cccc(CCNC(=O)CC(=O)N(C)C)c1. The average Bonchev–Trinajstić information content (AvgIpc) is 2.38. The van der Waals surface area contributed by atoms with Crippen LogP contribution in [0.25, 0.3) is 0 Å². The molecule has 0 fully saturated rings. The molecule has 2 amide bonds. The average molecular weight is 264 g/mol. The van der Waals surface area contributed by atoms with Gasteiger partial charge in [0.05, 0.1) is 7.11 Å². The number of methoxy groups -OCH3 is 1. The molecule has 0 aromatic heterocycles. The summed E-state index contributed by atoms with van der Waals surface area (Å²) in [4.78, 5) is 24.2. The molecule has 1 aromatic carbocycles. The van der Waals surface area contributed by atoms with Crippen LogP contribution in [0, 0.1) is 0 Å². The Morgan fingerprint density at radius 1 is 1.32 bits per heavy atom. The van der Waals surface area contributed by atoms with Gasteiger partial charge in [-0.2, -0.15) is 0 Å². The van der Waals surface area contributed by atoms with Crippen LogP contribution in [0.15, 0.2) is 24.3 Å². The summed E-state index contributed by atoms with van der Waals surface area (Å²) in [5.41, 5.74) is 1.08. The van der Waals surface area contributed by atoms with E-state index in [2.05, 4.69) is 5.32 Å². The molecule has 1 aromatic rings. The van der Waals surface area contributed by atoms with Gasteiger partial charge in [-0.15, -0.1) is 0 Å². The molecule has 0 radical (unpaired) electrons. The number of nitrogens with zero attached hydrogens (tertiary/aromatic N) is 1. The molecule has 0 aliphatic heterocycles. The summed E-state index contributed by atoms with van der Waals surface area (Å²) in [5.74, 6) is 0.354. The number of nitrogens with one attached hydrogen (secondary N) is 1. The highest BCUT2D eigenvalue weighted by Gasteiger charge is 2.10. The summed E-state index contributed by atoms with van der Waals surface area (Å²) in [6.07, 6.45) is 0.601. The maximum atomic E-state index is 11.5. The van der Waals surface area contributed by atoms with Crippen molar-refractivity contribution in [3.05, 3.63) is 29.8 Å². The summed E-state index contributed by atoms with van der Waals surface area (Å²) in [7, 11) is 4.88. The molecule has 0 spiro atoms. The topological polar surface area (TPSA) is 58.6 Å². The van der Waals surface area contributed by atoms with E-state index in [1.54, 1.807) is 21.2 Å². The Morgan fingerprint density at radius 2 is 2.05 bits per heavy atom. The maximum Gasteiger partial charge on any atom is 0.231 e. The lowest BCUT2D eigenvalue weighted by atomic mass is 10.1. The third-order valence-corrected chi connectivity index (χ3v) is 2.68. The number of benzene rings is 1. The molecule has 0 aliphatic carbocycles. The number of ether oxygens (including phenoxy) is 1. The van der Waals surface area contributed by atoms with Crippen LogP contribution >= 0.6 is 0 Å². The lowest BCUT2D eigenvalue weighted by Gasteiger charge is -2.10. The number of carbonyl (C=O) groups is 2. The van der Waals surface area contributed by atoms with Crippen molar-refractivity contribution in [2.45, 2.75) is 12.8 Å². The summed E-state index contributed by atoms with van der Waals surface area (Å²) in [6.45, 7) is 0.507. The zero-order valence-electron chi connectivity index (χ0n) is 11.6. The second-order valence-corrected chi connectivity index (χ2v) is 4.42. The number of carbonyl (C=O) groups excluding carboxylic acids is 2. The first kappa shape index (κ1) is 15.0. The van der Waals surface area contributed by atoms with Crippen molar-refractivity contribution in [2.75, 3.05) is 27.7 Å². The predicted octanol–water partition coefficient (Wildman–Crippen LogP) is 0.832. The monoisotopic (exact) mass is 264 g/mol. The largest absolute Gasteiger partial charge is 0.497 e. The zero-order chi connectivity index (χ0) is 14.3. The first-order valence-electron chi connectivity index (χ1n) is 6.12. The van der Waals surface area contributed by atoms with Crippen molar-refractivity contribution >= 4 is 11.8 Å². The second kappa shape index (κ2) is 7.41. The Kier molecular flexibility index (Phi) is 5.85. The molecule has 0 saturated heterocycles. The molecule has 1 N–H and O–H groups in total. The Labute approximate surface area is 113 Å². The zero-order valence-corrected chi connectivity index (χ0v) is 11.6. The van der Waals surface area contributed by atoms with Gasteiger partial charge in [-0.25, -0.2) is 0 Å². The molecular formula is C14H20N2O3. The summed E-state index contributed by atoms with van der Waals surface area (Å²) in [6, 6.07) is 7.68. The van der Waals surface area contributed by atoms with Crippen molar-refractivity contribution in [1.82, 2.24) is 10.2 Å². The van der Waals surface area contributed by atoms with Crippen molar-refractivity contribution in [1.29, 1.82) is 0 Å². The van der Waals surface area contributed by atoms with Gasteiger partial charge in [-0.05, 0) is 24.1 Å². The van der Waals surface area contributed by atoms with Gasteiger partial charge >= 0.3 is 0 Å². The first-order chi connectivity index (χ1) is 9.02. The van der Waals surface area contributed by atoms with Gasteiger partial charge in [0.1, 0.15) is 12.2 Å². The molecule has 0 unspecified atom stereocenters. The van der Waals surface area contributed by atoms with Crippen LogP contribution in [0.5, 0.6) is 5.75 Å². The van der Waals surface area contributed by atoms with Crippen LogP contribution in [0.4, 0.5) is 0 Å². The van der Waals surface area contributed by atoms with Gasteiger partial charge in [0.15, 0.2) is 0 Å². The predicted molar refractivity (Wildman–Crippen MR) is 73.0 cm³/mol. The van der Waals surface area contributed by atoms with E-state index in [0.29, 0.717) is 13.0 Å². The van der Waals surface area contributed by atoms with E-state index < -0.39 is 0 Å². The van der Waals surface area contributed by atoms with Crippen LogP contribution in [0.2, 0.25) is 0 Å². The lowest BCUT2D eigenvalue weighted by Crippen LogP contribution is -2.32. The Hall–Kier alpha value is -2.04. The summed E-state index contributed by atoms with van der Waals surface area (Å²) >= 11 is 0. The van der Waals surface area contributed by atoms with E-state index in [1.165, 1.54) is 4.90 Å². The van der Waals surface area contributed by atoms with Gasteiger partial charge in [0.2, 0.25) is 11.8 Å². The van der Waals surface area contributed by atoms with E-state index in [1.807, 2.05) is 24.3 Å². The fourth-order valence-electron chi connectivity index (χ4n) is 1.53. The molecule has 0 bridgehead atoms. The van der Waals surface area contributed by atoms with Gasteiger partial charge in [-0.3, -0.25) is 9.59 Å². The highest BCUT2D eigenvalue weighted by Crippen LogP contribution is 2.12. The molecule has 0 atom stereocenters. The van der Waals surface area contributed by atoms with Crippen LogP contribution < -0.4 is 10.1 Å². The number of amides is 2. The van der Waals surface area contributed by atoms with Crippen molar-refractivity contribution in [2.24, 2.45) is 0 Å². The van der Waals surface area contributed by atoms with Gasteiger partial charge in [0.25, 0.3) is 0 Å². The van der Waals surface area contributed by atoms with Crippen LogP contribution in [-0.2, 0) is 16.0 Å². The highest BCUT2D eigenvalue weighted by molar-refractivity contribution is 5.96. The number of hydrogen-bond donors (Lipinski definition) is 1. The fourth-order valence-corrected chi connectivity index (χ4v) is 1.53. The minimum atomic E-state index is -0.249. The van der Waals surface area contributed by atoms with E-state index in [0.717, 1.165) is 11.3 Å². The molecule has 5 nitrogen and oxygen atoms in total. The summed E-state index contributed by atoms with van der Waals surface area (Å²) < 4.78 is 5.12. The molecule has 19 heavy (non-hydrogen) atoms. The van der Waals surface area contributed by atoms with E-state index >= 15 is 0 Å². The standard InChI is InChI=1S/C14H20N2O3/c1-16(2)14(18)10-13(17)15-8-7-11-5-4-6-12(9-11)19-3/h4-6,9H,7-8,10H2,1-3H3,(H,15,17). The van der Waals surface area contributed by atoms with Crippen LogP contribution in [0.1, 0.15) is 12.0 Å². The molecule has 0 saturated carbocycles. The lowest BCUT2D eigenvalue weighted by molar-refractivity contribution is -0.134. The minimum absolute atomic E-state index is 0.106. The highest BCUT2D eigenvalue weighted by atomic mass is 16.5. The number of rotatable bonds is 6. The second-order valence-electron chi connectivity index (χ2n) is 4.42. The van der Waals surface area contributed by atoms with Crippen molar-refractivity contribution < 1.29 is 14.3 Å². The number of hydrogen-bond acceptors (Lipinski definition) is 3. The summed E-state index contributed by atoms with van der Waals surface area (Å²) in [5, 5.41) is 2.73. The third kappa shape index (κ3) is 5.42. The molecule has 5 heteroatoms. The van der Waals surface area contributed by atoms with E-state index in [4.69, 9.17) is 4.74 Å². The Morgan fingerprint density at radius 3 is 2.68 bits per heavy atom. The van der Waals surface area contributed by atoms with Gasteiger partial charge < -0.3 is 15.0 Å². The smallest absolute Gasteiger partial charge is 0.231 e. The van der Waals surface area contributed by atoms with Crippen molar-refractivity contribution in [3.63, 3.8) is 0 Å². The molecular weight excluding hydrogens is 244 g/mol. The van der Waals surface area contributed by atoms with Crippen LogP contribution in [-0.4, -0.2) is 44.5 Å². The quantitative estimate of drug-likeness (QED) is 0.774. The Balaban J connectivity index is 2.33.